The summed E-state index contributed by atoms with van der Waals surface area (Å²) in [6, 6.07) is 16.1. The first-order chi connectivity index (χ1) is 13.0. The Bertz CT molecular complexity index is 682. The molecule has 0 aliphatic heterocycles. The molecule has 2 unspecified atom stereocenters. The Balaban J connectivity index is 2.31. The van der Waals surface area contributed by atoms with Crippen molar-refractivity contribution in [3.05, 3.63) is 59.7 Å². The summed E-state index contributed by atoms with van der Waals surface area (Å²) in [6.45, 7) is 2.53. The SMILES string of the molecule is CCC(c1ccccc1)(C(OC)OCc1cc(OC)cc(OC)c1)N(C)C. The van der Waals surface area contributed by atoms with Crippen molar-refractivity contribution in [3.8, 4) is 11.5 Å². The molecule has 0 bridgehead atoms. The topological polar surface area (TPSA) is 40.2 Å². The molecule has 0 spiro atoms. The van der Waals surface area contributed by atoms with E-state index in [1.165, 1.54) is 0 Å². The molecule has 0 heterocycles. The van der Waals surface area contributed by atoms with Crippen LogP contribution in [0.3, 0.4) is 0 Å². The van der Waals surface area contributed by atoms with Crippen LogP contribution >= 0.6 is 0 Å². The summed E-state index contributed by atoms with van der Waals surface area (Å²) in [5, 5.41) is 0. The molecule has 2 aromatic carbocycles. The van der Waals surface area contributed by atoms with Crippen LogP contribution in [0.25, 0.3) is 0 Å². The van der Waals surface area contributed by atoms with Gasteiger partial charge < -0.3 is 18.9 Å². The summed E-state index contributed by atoms with van der Waals surface area (Å²) in [5.74, 6) is 1.47. The Morgan fingerprint density at radius 1 is 0.926 bits per heavy atom. The lowest BCUT2D eigenvalue weighted by Crippen LogP contribution is -2.52. The lowest BCUT2D eigenvalue weighted by Gasteiger charge is -2.44. The van der Waals surface area contributed by atoms with Gasteiger partial charge in [-0.1, -0.05) is 37.3 Å². The van der Waals surface area contributed by atoms with Crippen LogP contribution in [0.5, 0.6) is 11.5 Å². The van der Waals surface area contributed by atoms with Crippen molar-refractivity contribution in [1.29, 1.82) is 0 Å². The molecule has 27 heavy (non-hydrogen) atoms. The highest BCUT2D eigenvalue weighted by atomic mass is 16.7. The fourth-order valence-electron chi connectivity index (χ4n) is 3.54. The highest BCUT2D eigenvalue weighted by molar-refractivity contribution is 5.38. The van der Waals surface area contributed by atoms with E-state index in [4.69, 9.17) is 18.9 Å². The predicted molar refractivity (Wildman–Crippen MR) is 107 cm³/mol. The van der Waals surface area contributed by atoms with Crippen LogP contribution in [0.2, 0.25) is 0 Å². The fourth-order valence-corrected chi connectivity index (χ4v) is 3.54. The first-order valence-corrected chi connectivity index (χ1v) is 9.11. The number of likely N-dealkylation sites (N-methyl/N-ethyl adjacent to an activating group) is 1. The van der Waals surface area contributed by atoms with E-state index in [0.717, 1.165) is 29.0 Å². The molecule has 5 nitrogen and oxygen atoms in total. The van der Waals surface area contributed by atoms with E-state index in [1.54, 1.807) is 21.3 Å². The van der Waals surface area contributed by atoms with E-state index in [2.05, 4.69) is 38.1 Å². The molecule has 0 fully saturated rings. The lowest BCUT2D eigenvalue weighted by molar-refractivity contribution is -0.208. The third-order valence-electron chi connectivity index (χ3n) is 5.03. The van der Waals surface area contributed by atoms with Crippen molar-refractivity contribution in [2.24, 2.45) is 0 Å². The minimum absolute atomic E-state index is 0.383. The van der Waals surface area contributed by atoms with E-state index in [-0.39, 0.29) is 0 Å². The van der Waals surface area contributed by atoms with Gasteiger partial charge in [0.1, 0.15) is 11.5 Å². The number of hydrogen-bond acceptors (Lipinski definition) is 5. The van der Waals surface area contributed by atoms with E-state index in [0.29, 0.717) is 6.61 Å². The maximum Gasteiger partial charge on any atom is 0.180 e. The standard InChI is InChI=1S/C22H31NO4/c1-7-22(23(2)3,18-11-9-8-10-12-18)21(26-6)27-16-17-13-19(24-4)15-20(14-17)25-5/h8-15,21H,7,16H2,1-6H3. The van der Waals surface area contributed by atoms with Gasteiger partial charge in [0.2, 0.25) is 0 Å². The second-order valence-corrected chi connectivity index (χ2v) is 6.64. The van der Waals surface area contributed by atoms with Gasteiger partial charge in [0.15, 0.2) is 6.29 Å². The van der Waals surface area contributed by atoms with Gasteiger partial charge in [0, 0.05) is 13.2 Å². The van der Waals surface area contributed by atoms with E-state index in [9.17, 15) is 0 Å². The average molecular weight is 373 g/mol. The van der Waals surface area contributed by atoms with E-state index in [1.807, 2.05) is 36.4 Å². The summed E-state index contributed by atoms with van der Waals surface area (Å²) < 4.78 is 22.8. The van der Waals surface area contributed by atoms with Crippen molar-refractivity contribution < 1.29 is 18.9 Å². The van der Waals surface area contributed by atoms with Crippen molar-refractivity contribution in [2.75, 3.05) is 35.4 Å². The van der Waals surface area contributed by atoms with Crippen molar-refractivity contribution >= 4 is 0 Å². The molecule has 5 heteroatoms. The van der Waals surface area contributed by atoms with Gasteiger partial charge in [-0.3, -0.25) is 4.90 Å². The van der Waals surface area contributed by atoms with E-state index >= 15 is 0 Å². The summed E-state index contributed by atoms with van der Waals surface area (Å²) in [6.07, 6.45) is 0.390. The third-order valence-corrected chi connectivity index (χ3v) is 5.03. The molecule has 0 amide bonds. The van der Waals surface area contributed by atoms with Crippen LogP contribution in [-0.4, -0.2) is 46.6 Å². The summed E-state index contributed by atoms with van der Waals surface area (Å²) in [7, 11) is 9.08. The van der Waals surface area contributed by atoms with Gasteiger partial charge >= 0.3 is 0 Å². The number of nitrogens with zero attached hydrogens (tertiary/aromatic N) is 1. The monoisotopic (exact) mass is 373 g/mol. The van der Waals surface area contributed by atoms with Crippen LogP contribution in [0.15, 0.2) is 48.5 Å². The van der Waals surface area contributed by atoms with Gasteiger partial charge in [-0.05, 0) is 43.8 Å². The molecule has 2 aromatic rings. The zero-order valence-corrected chi connectivity index (χ0v) is 17.2. The fraction of sp³-hybridized carbons (Fsp3) is 0.455. The molecule has 148 valence electrons. The Morgan fingerprint density at radius 3 is 1.96 bits per heavy atom. The molecule has 0 aliphatic rings. The van der Waals surface area contributed by atoms with Crippen LogP contribution < -0.4 is 9.47 Å². The van der Waals surface area contributed by atoms with Crippen molar-refractivity contribution in [2.45, 2.75) is 31.8 Å². The normalized spacial score (nSPS) is 14.6. The largest absolute Gasteiger partial charge is 0.497 e. The molecule has 0 aromatic heterocycles. The zero-order valence-electron chi connectivity index (χ0n) is 17.2. The predicted octanol–water partition coefficient (Wildman–Crippen LogP) is 4.06. The Labute approximate surface area is 162 Å². The average Bonchev–Trinajstić information content (AvgIpc) is 2.71. The summed E-state index contributed by atoms with van der Waals surface area (Å²) in [4.78, 5) is 2.17. The summed E-state index contributed by atoms with van der Waals surface area (Å²) in [5.41, 5.74) is 1.72. The van der Waals surface area contributed by atoms with Gasteiger partial charge in [-0.15, -0.1) is 0 Å². The first kappa shape index (κ1) is 21.2. The molecular weight excluding hydrogens is 342 g/mol. The minimum Gasteiger partial charge on any atom is -0.497 e. The van der Waals surface area contributed by atoms with Crippen molar-refractivity contribution in [3.63, 3.8) is 0 Å². The third kappa shape index (κ3) is 4.61. The first-order valence-electron chi connectivity index (χ1n) is 9.11. The molecule has 0 aliphatic carbocycles. The maximum absolute atomic E-state index is 6.27. The van der Waals surface area contributed by atoms with Crippen LogP contribution in [-0.2, 0) is 21.6 Å². The number of ether oxygens (including phenoxy) is 4. The van der Waals surface area contributed by atoms with Gasteiger partial charge in [0.05, 0.1) is 26.4 Å². The van der Waals surface area contributed by atoms with Crippen LogP contribution in [0, 0.1) is 0 Å². The van der Waals surface area contributed by atoms with Gasteiger partial charge in [-0.25, -0.2) is 0 Å². The molecule has 0 N–H and O–H groups in total. The lowest BCUT2D eigenvalue weighted by atomic mass is 9.85. The smallest absolute Gasteiger partial charge is 0.180 e. The number of benzene rings is 2. The van der Waals surface area contributed by atoms with Crippen LogP contribution in [0.4, 0.5) is 0 Å². The molecule has 0 saturated heterocycles. The molecule has 0 saturated carbocycles. The maximum atomic E-state index is 6.27. The Morgan fingerprint density at radius 2 is 1.52 bits per heavy atom. The summed E-state index contributed by atoms with van der Waals surface area (Å²) >= 11 is 0. The molecule has 2 atom stereocenters. The Hall–Kier alpha value is -2.08. The second kappa shape index (κ2) is 9.74. The van der Waals surface area contributed by atoms with Gasteiger partial charge in [-0.2, -0.15) is 0 Å². The number of methoxy groups -OCH3 is 3. The highest BCUT2D eigenvalue weighted by Crippen LogP contribution is 2.36. The highest BCUT2D eigenvalue weighted by Gasteiger charge is 2.42. The zero-order chi connectivity index (χ0) is 19.9. The molecular formula is C22H31NO4. The Kier molecular flexibility index (Phi) is 7.66. The number of rotatable bonds is 10. The van der Waals surface area contributed by atoms with E-state index < -0.39 is 11.8 Å². The minimum atomic E-state index is -0.447. The number of hydrogen-bond donors (Lipinski definition) is 0. The quantitative estimate of drug-likeness (QED) is 0.588. The van der Waals surface area contributed by atoms with Crippen molar-refractivity contribution in [1.82, 2.24) is 4.90 Å². The van der Waals surface area contributed by atoms with Gasteiger partial charge in [0.25, 0.3) is 0 Å². The van der Waals surface area contributed by atoms with Crippen LogP contribution in [0.1, 0.15) is 24.5 Å². The molecule has 0 radical (unpaired) electrons. The second-order valence-electron chi connectivity index (χ2n) is 6.64. The molecule has 2 rings (SSSR count).